The van der Waals surface area contributed by atoms with Crippen molar-refractivity contribution in [3.05, 3.63) is 64.7 Å². The standard InChI is InChI=1S/C20H22ClNO4S/c1-26-19(23)13-15-3-5-16(6-4-15)20(11-2-12-20)14-22-27(24,25)18-9-7-17(21)8-10-18/h3-10,22H,2,11-14H2,1H3. The van der Waals surface area contributed by atoms with E-state index in [1.54, 1.807) is 12.1 Å². The quantitative estimate of drug-likeness (QED) is 0.713. The number of esters is 1. The molecule has 1 saturated carbocycles. The number of halogens is 1. The van der Waals surface area contributed by atoms with E-state index in [4.69, 9.17) is 11.6 Å². The Hall–Kier alpha value is -1.89. The van der Waals surface area contributed by atoms with Crippen LogP contribution >= 0.6 is 11.6 Å². The number of hydrogen-bond acceptors (Lipinski definition) is 4. The highest BCUT2D eigenvalue weighted by atomic mass is 35.5. The molecule has 5 nitrogen and oxygen atoms in total. The molecule has 0 amide bonds. The number of hydrogen-bond donors (Lipinski definition) is 1. The third kappa shape index (κ3) is 4.51. The molecule has 2 aromatic carbocycles. The molecule has 27 heavy (non-hydrogen) atoms. The second kappa shape index (κ2) is 8.00. The summed E-state index contributed by atoms with van der Waals surface area (Å²) < 4.78 is 32.6. The number of carbonyl (C=O) groups is 1. The summed E-state index contributed by atoms with van der Waals surface area (Å²) in [5.74, 6) is -0.281. The number of sulfonamides is 1. The van der Waals surface area contributed by atoms with Crippen LogP contribution < -0.4 is 4.72 Å². The van der Waals surface area contributed by atoms with Crippen LogP contribution in [0.1, 0.15) is 30.4 Å². The average molecular weight is 408 g/mol. The first kappa shape index (κ1) is 19.9. The predicted octanol–water partition coefficient (Wildman–Crippen LogP) is 3.46. The minimum atomic E-state index is -3.59. The van der Waals surface area contributed by atoms with Gasteiger partial charge in [-0.05, 0) is 48.2 Å². The topological polar surface area (TPSA) is 72.5 Å². The lowest BCUT2D eigenvalue weighted by Crippen LogP contribution is -2.45. The first-order valence-corrected chi connectivity index (χ1v) is 10.6. The third-order valence-electron chi connectivity index (χ3n) is 5.18. The molecule has 0 spiro atoms. The summed E-state index contributed by atoms with van der Waals surface area (Å²) in [6.45, 7) is 0.342. The molecular formula is C20H22ClNO4S. The molecule has 7 heteroatoms. The summed E-state index contributed by atoms with van der Waals surface area (Å²) in [5, 5.41) is 0.497. The molecule has 0 saturated heterocycles. The Morgan fingerprint density at radius 2 is 1.74 bits per heavy atom. The monoisotopic (exact) mass is 407 g/mol. The van der Waals surface area contributed by atoms with Crippen LogP contribution in [-0.2, 0) is 31.4 Å². The molecule has 0 unspecified atom stereocenters. The Kier molecular flexibility index (Phi) is 5.89. The number of methoxy groups -OCH3 is 1. The maximum Gasteiger partial charge on any atom is 0.309 e. The highest BCUT2D eigenvalue weighted by Crippen LogP contribution is 2.43. The van der Waals surface area contributed by atoms with E-state index in [9.17, 15) is 13.2 Å². The van der Waals surface area contributed by atoms with Crippen LogP contribution in [0, 0.1) is 0 Å². The van der Waals surface area contributed by atoms with Crippen LogP contribution in [0.25, 0.3) is 0 Å². The van der Waals surface area contributed by atoms with Gasteiger partial charge in [-0.1, -0.05) is 42.3 Å². The van der Waals surface area contributed by atoms with Crippen LogP contribution in [0.15, 0.2) is 53.4 Å². The van der Waals surface area contributed by atoms with E-state index in [-0.39, 0.29) is 22.7 Å². The largest absolute Gasteiger partial charge is 0.469 e. The first-order valence-electron chi connectivity index (χ1n) is 8.76. The number of ether oxygens (including phenoxy) is 1. The first-order chi connectivity index (χ1) is 12.8. The highest BCUT2D eigenvalue weighted by molar-refractivity contribution is 7.89. The SMILES string of the molecule is COC(=O)Cc1ccc(C2(CNS(=O)(=O)c3ccc(Cl)cc3)CCC2)cc1. The second-order valence-corrected chi connectivity index (χ2v) is 9.07. The van der Waals surface area contributed by atoms with Gasteiger partial charge in [-0.3, -0.25) is 4.79 Å². The van der Waals surface area contributed by atoms with Crippen molar-refractivity contribution >= 4 is 27.6 Å². The van der Waals surface area contributed by atoms with Gasteiger partial charge in [0.05, 0.1) is 18.4 Å². The van der Waals surface area contributed by atoms with Crippen molar-refractivity contribution in [2.24, 2.45) is 0 Å². The summed E-state index contributed by atoms with van der Waals surface area (Å²) in [7, 11) is -2.22. The van der Waals surface area contributed by atoms with Crippen LogP contribution in [0.3, 0.4) is 0 Å². The number of carbonyl (C=O) groups excluding carboxylic acids is 1. The fourth-order valence-electron chi connectivity index (χ4n) is 3.32. The summed E-state index contributed by atoms with van der Waals surface area (Å²) in [4.78, 5) is 11.6. The predicted molar refractivity (Wildman–Crippen MR) is 104 cm³/mol. The maximum atomic E-state index is 12.6. The molecule has 1 aliphatic carbocycles. The lowest BCUT2D eigenvalue weighted by molar-refractivity contribution is -0.139. The maximum absolute atomic E-state index is 12.6. The molecule has 144 valence electrons. The molecule has 0 radical (unpaired) electrons. The number of rotatable bonds is 7. The molecular weight excluding hydrogens is 386 g/mol. The summed E-state index contributed by atoms with van der Waals surface area (Å²) in [5.41, 5.74) is 1.76. The van der Waals surface area contributed by atoms with E-state index in [0.717, 1.165) is 30.4 Å². The summed E-state index contributed by atoms with van der Waals surface area (Å²) in [6.07, 6.45) is 3.14. The van der Waals surface area contributed by atoms with E-state index in [1.165, 1.54) is 19.2 Å². The minimum Gasteiger partial charge on any atom is -0.469 e. The zero-order chi connectivity index (χ0) is 19.5. The zero-order valence-corrected chi connectivity index (χ0v) is 16.6. The Morgan fingerprint density at radius 3 is 2.26 bits per heavy atom. The lowest BCUT2D eigenvalue weighted by Gasteiger charge is -2.42. The van der Waals surface area contributed by atoms with Gasteiger partial charge in [0.1, 0.15) is 0 Å². The Balaban J connectivity index is 1.72. The highest BCUT2D eigenvalue weighted by Gasteiger charge is 2.39. The number of benzene rings is 2. The average Bonchev–Trinajstić information content (AvgIpc) is 2.62. The summed E-state index contributed by atoms with van der Waals surface area (Å²) in [6, 6.07) is 13.9. The van der Waals surface area contributed by atoms with E-state index in [2.05, 4.69) is 9.46 Å². The molecule has 0 heterocycles. The molecule has 1 fully saturated rings. The molecule has 1 aliphatic rings. The van der Waals surface area contributed by atoms with Crippen molar-refractivity contribution < 1.29 is 17.9 Å². The van der Waals surface area contributed by atoms with E-state index in [1.807, 2.05) is 24.3 Å². The normalized spacial score (nSPS) is 15.8. The molecule has 1 N–H and O–H groups in total. The van der Waals surface area contributed by atoms with Gasteiger partial charge < -0.3 is 4.74 Å². The smallest absolute Gasteiger partial charge is 0.309 e. The molecule has 3 rings (SSSR count). The van der Waals surface area contributed by atoms with E-state index >= 15 is 0 Å². The van der Waals surface area contributed by atoms with Crippen molar-refractivity contribution in [3.63, 3.8) is 0 Å². The van der Waals surface area contributed by atoms with Crippen molar-refractivity contribution in [1.29, 1.82) is 0 Å². The Bertz CT molecular complexity index is 904. The zero-order valence-electron chi connectivity index (χ0n) is 15.1. The van der Waals surface area contributed by atoms with Gasteiger partial charge in [-0.25, -0.2) is 13.1 Å². The van der Waals surface area contributed by atoms with Gasteiger partial charge in [-0.2, -0.15) is 0 Å². The third-order valence-corrected chi connectivity index (χ3v) is 6.85. The van der Waals surface area contributed by atoms with Gasteiger partial charge in [0, 0.05) is 17.0 Å². The fraction of sp³-hybridized carbons (Fsp3) is 0.350. The van der Waals surface area contributed by atoms with Gasteiger partial charge in [0.2, 0.25) is 10.0 Å². The Morgan fingerprint density at radius 1 is 1.11 bits per heavy atom. The fourth-order valence-corrected chi connectivity index (χ4v) is 4.57. The van der Waals surface area contributed by atoms with E-state index < -0.39 is 10.0 Å². The van der Waals surface area contributed by atoms with Crippen molar-refractivity contribution in [2.45, 2.75) is 36.0 Å². The molecule has 0 bridgehead atoms. The summed E-state index contributed by atoms with van der Waals surface area (Å²) >= 11 is 5.83. The van der Waals surface area contributed by atoms with Gasteiger partial charge in [-0.15, -0.1) is 0 Å². The number of nitrogens with one attached hydrogen (secondary N) is 1. The van der Waals surface area contributed by atoms with Gasteiger partial charge in [0.25, 0.3) is 0 Å². The van der Waals surface area contributed by atoms with Crippen molar-refractivity contribution in [1.82, 2.24) is 4.72 Å². The van der Waals surface area contributed by atoms with Crippen LogP contribution in [0.2, 0.25) is 5.02 Å². The minimum absolute atomic E-state index is 0.204. The van der Waals surface area contributed by atoms with Crippen LogP contribution in [0.4, 0.5) is 0 Å². The van der Waals surface area contributed by atoms with Crippen LogP contribution in [0.5, 0.6) is 0 Å². The lowest BCUT2D eigenvalue weighted by atomic mass is 9.64. The Labute approximate surface area is 164 Å². The molecule has 0 aliphatic heterocycles. The molecule has 2 aromatic rings. The molecule has 0 aromatic heterocycles. The van der Waals surface area contributed by atoms with Crippen LogP contribution in [-0.4, -0.2) is 28.0 Å². The van der Waals surface area contributed by atoms with E-state index in [0.29, 0.717) is 11.6 Å². The van der Waals surface area contributed by atoms with Crippen molar-refractivity contribution in [2.75, 3.05) is 13.7 Å². The van der Waals surface area contributed by atoms with Gasteiger partial charge >= 0.3 is 5.97 Å². The van der Waals surface area contributed by atoms with Gasteiger partial charge in [0.15, 0.2) is 0 Å². The second-order valence-electron chi connectivity index (χ2n) is 6.86. The van der Waals surface area contributed by atoms with Crippen molar-refractivity contribution in [3.8, 4) is 0 Å². The molecule has 0 atom stereocenters.